The Kier molecular flexibility index (Phi) is 2.27. The average Bonchev–Trinajstić information content (AvgIpc) is 2.44. The maximum Gasteiger partial charge on any atom is 0.341 e. The van der Waals surface area contributed by atoms with E-state index >= 15 is 0 Å². The Bertz CT molecular complexity index is 629. The number of thiophene rings is 1. The molecule has 0 N–H and O–H groups in total. The highest BCUT2D eigenvalue weighted by molar-refractivity contribution is 7.88. The highest BCUT2D eigenvalue weighted by atomic mass is 32.3. The van der Waals surface area contributed by atoms with Crippen molar-refractivity contribution in [3.05, 3.63) is 29.6 Å². The normalized spacial score (nSPS) is 12.2. The van der Waals surface area contributed by atoms with Crippen LogP contribution >= 0.6 is 11.3 Å². The van der Waals surface area contributed by atoms with Crippen LogP contribution in [0.1, 0.15) is 5.56 Å². The summed E-state index contributed by atoms with van der Waals surface area (Å²) in [6.07, 6.45) is 0. The molecular weight excluding hydrogens is 242 g/mol. The summed E-state index contributed by atoms with van der Waals surface area (Å²) in [6.45, 7) is 1.40. The van der Waals surface area contributed by atoms with Crippen LogP contribution in [0.3, 0.4) is 0 Å². The summed E-state index contributed by atoms with van der Waals surface area (Å²) >= 11 is 0.742. The second-order valence-electron chi connectivity index (χ2n) is 3.07. The first-order valence-corrected chi connectivity index (χ1v) is 6.23. The zero-order valence-corrected chi connectivity index (χ0v) is 9.25. The molecule has 0 unspecified atom stereocenters. The summed E-state index contributed by atoms with van der Waals surface area (Å²) in [5, 5.41) is 0.179. The summed E-state index contributed by atoms with van der Waals surface area (Å²) in [6, 6.07) is 4.24. The zero-order chi connectivity index (χ0) is 11.2. The average molecular weight is 248 g/mol. The lowest BCUT2D eigenvalue weighted by molar-refractivity contribution is 0.554. The van der Waals surface area contributed by atoms with Crippen LogP contribution in [-0.2, 0) is 10.2 Å². The third-order valence-corrected chi connectivity index (χ3v) is 4.73. The predicted molar refractivity (Wildman–Crippen MR) is 54.8 cm³/mol. The molecule has 0 spiro atoms. The van der Waals surface area contributed by atoms with Crippen LogP contribution in [0, 0.1) is 12.7 Å². The lowest BCUT2D eigenvalue weighted by Gasteiger charge is -1.93. The number of benzene rings is 1. The Morgan fingerprint density at radius 2 is 2.00 bits per heavy atom. The second kappa shape index (κ2) is 3.24. The van der Waals surface area contributed by atoms with Crippen LogP contribution in [0.2, 0.25) is 0 Å². The highest BCUT2D eigenvalue weighted by Gasteiger charge is 2.22. The number of aryl methyl sites for hydroxylation is 1. The van der Waals surface area contributed by atoms with Gasteiger partial charge in [0.05, 0.1) is 0 Å². The lowest BCUT2D eigenvalue weighted by atomic mass is 10.2. The van der Waals surface area contributed by atoms with E-state index in [-0.39, 0.29) is 10.9 Å². The van der Waals surface area contributed by atoms with Crippen molar-refractivity contribution >= 4 is 31.6 Å². The van der Waals surface area contributed by atoms with Gasteiger partial charge in [0.1, 0.15) is 5.82 Å². The molecule has 0 atom stereocenters. The Balaban J connectivity index is 2.94. The van der Waals surface area contributed by atoms with E-state index in [0.29, 0.717) is 4.70 Å². The number of hydrogen-bond donors (Lipinski definition) is 0. The van der Waals surface area contributed by atoms with Gasteiger partial charge in [-0.15, -0.1) is 11.3 Å². The fourth-order valence-corrected chi connectivity index (χ4v) is 3.55. The fraction of sp³-hybridized carbons (Fsp3) is 0.111. The Morgan fingerprint density at radius 1 is 1.33 bits per heavy atom. The van der Waals surface area contributed by atoms with Crippen molar-refractivity contribution in [1.29, 1.82) is 0 Å². The molecule has 0 bridgehead atoms. The molecule has 1 heterocycles. The first-order valence-electron chi connectivity index (χ1n) is 4.03. The van der Waals surface area contributed by atoms with Gasteiger partial charge in [-0.3, -0.25) is 0 Å². The van der Waals surface area contributed by atoms with Gasteiger partial charge in [0.2, 0.25) is 0 Å². The third kappa shape index (κ3) is 1.63. The molecule has 0 saturated carbocycles. The Hall–Kier alpha value is -1.01. The predicted octanol–water partition coefficient (Wildman–Crippen LogP) is 3.01. The monoisotopic (exact) mass is 248 g/mol. The molecule has 15 heavy (non-hydrogen) atoms. The number of fused-ring (bicyclic) bond motifs is 1. The molecule has 2 rings (SSSR count). The Labute approximate surface area is 89.4 Å². The first-order chi connectivity index (χ1) is 6.91. The summed E-state index contributed by atoms with van der Waals surface area (Å²) in [5.74, 6) is -0.531. The van der Waals surface area contributed by atoms with Crippen molar-refractivity contribution < 1.29 is 16.7 Å². The molecule has 1 aromatic carbocycles. The van der Waals surface area contributed by atoms with E-state index in [1.54, 1.807) is 6.07 Å². The van der Waals surface area contributed by atoms with Crippen molar-refractivity contribution in [2.24, 2.45) is 0 Å². The van der Waals surface area contributed by atoms with E-state index in [1.807, 2.05) is 0 Å². The van der Waals surface area contributed by atoms with Gasteiger partial charge in [-0.05, 0) is 24.6 Å². The van der Waals surface area contributed by atoms with E-state index in [4.69, 9.17) is 0 Å². The standard InChI is InChI=1S/C9H6F2O2S2/c1-5-8-6(10)3-2-4-7(8)14-9(5)15(11,12)13/h2-4H,1H3. The van der Waals surface area contributed by atoms with Crippen molar-refractivity contribution in [3.8, 4) is 0 Å². The van der Waals surface area contributed by atoms with E-state index in [9.17, 15) is 16.7 Å². The van der Waals surface area contributed by atoms with Crippen LogP contribution in [0.25, 0.3) is 10.1 Å². The molecule has 80 valence electrons. The minimum absolute atomic E-state index is 0.135. The SMILES string of the molecule is Cc1c(S(=O)(=O)F)sc2cccc(F)c12. The molecule has 0 radical (unpaired) electrons. The molecular formula is C9H6F2O2S2. The molecule has 0 aliphatic heterocycles. The molecule has 0 aliphatic rings. The van der Waals surface area contributed by atoms with Gasteiger partial charge in [-0.1, -0.05) is 9.95 Å². The van der Waals surface area contributed by atoms with E-state index < -0.39 is 20.2 Å². The van der Waals surface area contributed by atoms with Gasteiger partial charge >= 0.3 is 10.2 Å². The summed E-state index contributed by atoms with van der Waals surface area (Å²) in [7, 11) is -4.76. The number of hydrogen-bond acceptors (Lipinski definition) is 3. The molecule has 0 fully saturated rings. The molecule has 0 aliphatic carbocycles. The van der Waals surface area contributed by atoms with Crippen molar-refractivity contribution in [1.82, 2.24) is 0 Å². The van der Waals surface area contributed by atoms with Crippen LogP contribution in [0.4, 0.5) is 8.28 Å². The summed E-state index contributed by atoms with van der Waals surface area (Å²) in [4.78, 5) is 0. The molecule has 6 heteroatoms. The minimum Gasteiger partial charge on any atom is -0.206 e. The summed E-state index contributed by atoms with van der Waals surface area (Å²) < 4.78 is 47.7. The van der Waals surface area contributed by atoms with E-state index in [2.05, 4.69) is 0 Å². The molecule has 2 nitrogen and oxygen atoms in total. The van der Waals surface area contributed by atoms with Crippen molar-refractivity contribution in [2.75, 3.05) is 0 Å². The van der Waals surface area contributed by atoms with Gasteiger partial charge in [-0.25, -0.2) is 4.39 Å². The van der Waals surface area contributed by atoms with Crippen LogP contribution in [0.15, 0.2) is 22.4 Å². The Morgan fingerprint density at radius 3 is 2.53 bits per heavy atom. The minimum atomic E-state index is -4.76. The van der Waals surface area contributed by atoms with Gasteiger partial charge < -0.3 is 0 Å². The van der Waals surface area contributed by atoms with Gasteiger partial charge in [-0.2, -0.15) is 8.42 Å². The zero-order valence-electron chi connectivity index (χ0n) is 7.62. The quantitative estimate of drug-likeness (QED) is 0.727. The maximum absolute atomic E-state index is 13.3. The van der Waals surface area contributed by atoms with Crippen molar-refractivity contribution in [3.63, 3.8) is 0 Å². The lowest BCUT2D eigenvalue weighted by Crippen LogP contribution is -1.90. The van der Waals surface area contributed by atoms with E-state index in [0.717, 1.165) is 11.3 Å². The largest absolute Gasteiger partial charge is 0.341 e. The van der Waals surface area contributed by atoms with Crippen LogP contribution < -0.4 is 0 Å². The molecule has 2 aromatic rings. The van der Waals surface area contributed by atoms with Crippen LogP contribution in [-0.4, -0.2) is 8.42 Å². The summed E-state index contributed by atoms with van der Waals surface area (Å²) in [5.41, 5.74) is 0.135. The molecule has 0 amide bonds. The first kappa shape index (κ1) is 10.5. The second-order valence-corrected chi connectivity index (χ2v) is 5.66. The maximum atomic E-state index is 13.3. The highest BCUT2D eigenvalue weighted by Crippen LogP contribution is 2.36. The van der Waals surface area contributed by atoms with Gasteiger partial charge in [0, 0.05) is 10.1 Å². The van der Waals surface area contributed by atoms with Crippen LogP contribution in [0.5, 0.6) is 0 Å². The van der Waals surface area contributed by atoms with Crippen molar-refractivity contribution in [2.45, 2.75) is 11.1 Å². The van der Waals surface area contributed by atoms with E-state index in [1.165, 1.54) is 19.1 Å². The third-order valence-electron chi connectivity index (χ3n) is 2.08. The number of rotatable bonds is 1. The fourth-order valence-electron chi connectivity index (χ4n) is 1.46. The molecule has 0 saturated heterocycles. The smallest absolute Gasteiger partial charge is 0.206 e. The van der Waals surface area contributed by atoms with Gasteiger partial charge in [0.25, 0.3) is 0 Å². The topological polar surface area (TPSA) is 34.1 Å². The molecule has 1 aromatic heterocycles. The van der Waals surface area contributed by atoms with Gasteiger partial charge in [0.15, 0.2) is 4.21 Å². The number of halogens is 2.